The average molecular weight is 507 g/mol. The van der Waals surface area contributed by atoms with Crippen molar-refractivity contribution in [3.8, 4) is 0 Å². The smallest absolute Gasteiger partial charge is 0.227 e. The molecule has 3 N–H and O–H groups in total. The number of likely N-dealkylation sites (tertiary alicyclic amines) is 1. The van der Waals surface area contributed by atoms with E-state index in [1.165, 1.54) is 5.56 Å². The maximum atomic E-state index is 13.0. The summed E-state index contributed by atoms with van der Waals surface area (Å²) < 4.78 is 0. The Kier molecular flexibility index (Phi) is 7.79. The number of nitrogens with one attached hydrogen (secondary N) is 3. The molecule has 5 rings (SSSR count). The van der Waals surface area contributed by atoms with Gasteiger partial charge >= 0.3 is 0 Å². The van der Waals surface area contributed by atoms with Crippen LogP contribution in [0, 0.1) is 11.8 Å². The van der Waals surface area contributed by atoms with Crippen LogP contribution in [0.2, 0.25) is 0 Å². The number of anilines is 3. The lowest BCUT2D eigenvalue weighted by Crippen LogP contribution is -2.59. The van der Waals surface area contributed by atoms with E-state index in [4.69, 9.17) is 4.98 Å². The molecule has 3 aliphatic rings. The van der Waals surface area contributed by atoms with E-state index in [1.807, 2.05) is 30.1 Å². The van der Waals surface area contributed by atoms with Crippen LogP contribution in [0.15, 0.2) is 24.4 Å². The molecule has 0 bridgehead atoms. The minimum Gasteiger partial charge on any atom is -0.365 e. The first-order valence-electron chi connectivity index (χ1n) is 13.9. The summed E-state index contributed by atoms with van der Waals surface area (Å²) in [6.45, 7) is 7.93. The number of hydrogen-bond donors (Lipinski definition) is 3. The van der Waals surface area contributed by atoms with Crippen molar-refractivity contribution in [2.24, 2.45) is 11.8 Å². The predicted molar refractivity (Wildman–Crippen MR) is 148 cm³/mol. The molecule has 200 valence electrons. The standard InChI is InChI=1S/C28H42N8O/c1-5-6-19-7-8-30-25(12-19)32-23-16-36(17-23)27(37)21-10-20(11-21)9-18(2)24-13-26(31-22-14-29-15-22)34-28(33-24)35(3)4/h7-8,12-13,18,20-23,29H,5-6,9-11,14-17H2,1-4H3,(H,30,32)(H,31,33,34). The molecule has 2 aromatic heterocycles. The number of aryl methyl sites for hydroxylation is 1. The second kappa shape index (κ2) is 11.2. The summed E-state index contributed by atoms with van der Waals surface area (Å²) in [4.78, 5) is 30.9. The van der Waals surface area contributed by atoms with E-state index < -0.39 is 0 Å². The second-order valence-electron chi connectivity index (χ2n) is 11.4. The maximum Gasteiger partial charge on any atom is 0.227 e. The Hall–Kier alpha value is -2.94. The molecule has 1 saturated carbocycles. The normalized spacial score (nSPS) is 22.4. The monoisotopic (exact) mass is 506 g/mol. The van der Waals surface area contributed by atoms with Gasteiger partial charge in [0.25, 0.3) is 0 Å². The van der Waals surface area contributed by atoms with Crippen molar-refractivity contribution >= 4 is 23.5 Å². The highest BCUT2D eigenvalue weighted by Gasteiger charge is 2.41. The number of aromatic nitrogens is 3. The van der Waals surface area contributed by atoms with Crippen molar-refractivity contribution in [3.05, 3.63) is 35.7 Å². The lowest BCUT2D eigenvalue weighted by atomic mass is 9.70. The van der Waals surface area contributed by atoms with Crippen LogP contribution in [-0.2, 0) is 11.2 Å². The maximum absolute atomic E-state index is 13.0. The molecule has 2 aliphatic heterocycles. The summed E-state index contributed by atoms with van der Waals surface area (Å²) in [5.41, 5.74) is 2.39. The molecule has 3 fully saturated rings. The summed E-state index contributed by atoms with van der Waals surface area (Å²) in [6, 6.07) is 7.05. The van der Waals surface area contributed by atoms with E-state index in [1.54, 1.807) is 0 Å². The molecule has 1 atom stereocenters. The van der Waals surface area contributed by atoms with Gasteiger partial charge in [0.15, 0.2) is 0 Å². The van der Waals surface area contributed by atoms with Gasteiger partial charge in [0.1, 0.15) is 11.6 Å². The highest BCUT2D eigenvalue weighted by molar-refractivity contribution is 5.80. The molecule has 0 radical (unpaired) electrons. The third-order valence-electron chi connectivity index (χ3n) is 7.95. The van der Waals surface area contributed by atoms with Gasteiger partial charge in [-0.25, -0.2) is 9.97 Å². The summed E-state index contributed by atoms with van der Waals surface area (Å²) in [6.07, 6.45) is 7.10. The summed E-state index contributed by atoms with van der Waals surface area (Å²) in [7, 11) is 3.97. The SMILES string of the molecule is CCCc1ccnc(NC2CN(C(=O)C3CC(CC(C)c4cc(NC5CNC5)nc(N(C)C)n4)C3)C2)c1. The number of pyridine rings is 1. The molecule has 0 aromatic carbocycles. The lowest BCUT2D eigenvalue weighted by molar-refractivity contribution is -0.144. The minimum atomic E-state index is 0.176. The Morgan fingerprint density at radius 2 is 1.89 bits per heavy atom. The summed E-state index contributed by atoms with van der Waals surface area (Å²) >= 11 is 0. The van der Waals surface area contributed by atoms with E-state index in [0.717, 1.165) is 81.6 Å². The molecule has 2 saturated heterocycles. The van der Waals surface area contributed by atoms with Crippen molar-refractivity contribution in [1.82, 2.24) is 25.2 Å². The molecule has 9 heteroatoms. The topological polar surface area (TPSA) is 98.3 Å². The molecular weight excluding hydrogens is 464 g/mol. The highest BCUT2D eigenvalue weighted by Crippen LogP contribution is 2.41. The van der Waals surface area contributed by atoms with Crippen molar-refractivity contribution in [3.63, 3.8) is 0 Å². The lowest BCUT2D eigenvalue weighted by Gasteiger charge is -2.45. The molecule has 2 aromatic rings. The van der Waals surface area contributed by atoms with Crippen molar-refractivity contribution in [1.29, 1.82) is 0 Å². The van der Waals surface area contributed by atoms with Gasteiger partial charge in [-0.1, -0.05) is 20.3 Å². The molecule has 37 heavy (non-hydrogen) atoms. The van der Waals surface area contributed by atoms with Crippen LogP contribution in [0.1, 0.15) is 56.7 Å². The fraction of sp³-hybridized carbons (Fsp3) is 0.643. The number of carbonyl (C=O) groups excluding carboxylic acids is 1. The van der Waals surface area contributed by atoms with Gasteiger partial charge < -0.3 is 25.8 Å². The Morgan fingerprint density at radius 3 is 2.57 bits per heavy atom. The van der Waals surface area contributed by atoms with E-state index in [9.17, 15) is 4.79 Å². The van der Waals surface area contributed by atoms with E-state index in [2.05, 4.69) is 58.0 Å². The number of nitrogens with zero attached hydrogens (tertiary/aromatic N) is 5. The van der Waals surface area contributed by atoms with Gasteiger partial charge in [-0.3, -0.25) is 4.79 Å². The quantitative estimate of drug-likeness (QED) is 0.428. The molecular formula is C28H42N8O. The number of hydrogen-bond acceptors (Lipinski definition) is 8. The molecule has 1 unspecified atom stereocenters. The Labute approximate surface area is 220 Å². The Balaban J connectivity index is 1.07. The molecule has 0 spiro atoms. The first kappa shape index (κ1) is 25.7. The van der Waals surface area contributed by atoms with Gasteiger partial charge in [-0.2, -0.15) is 4.98 Å². The minimum absolute atomic E-state index is 0.176. The predicted octanol–water partition coefficient (Wildman–Crippen LogP) is 3.12. The third kappa shape index (κ3) is 6.14. The largest absolute Gasteiger partial charge is 0.365 e. The molecule has 9 nitrogen and oxygen atoms in total. The van der Waals surface area contributed by atoms with E-state index in [-0.39, 0.29) is 5.92 Å². The van der Waals surface area contributed by atoms with E-state index in [0.29, 0.717) is 29.8 Å². The third-order valence-corrected chi connectivity index (χ3v) is 7.95. The van der Waals surface area contributed by atoms with Gasteiger partial charge in [0.05, 0.1) is 17.8 Å². The zero-order chi connectivity index (χ0) is 25.9. The molecule has 1 aliphatic carbocycles. The van der Waals surface area contributed by atoms with Crippen LogP contribution in [0.25, 0.3) is 0 Å². The van der Waals surface area contributed by atoms with Crippen LogP contribution >= 0.6 is 0 Å². The number of amides is 1. The van der Waals surface area contributed by atoms with Crippen molar-refractivity contribution in [2.45, 2.75) is 64.0 Å². The van der Waals surface area contributed by atoms with Gasteiger partial charge in [-0.05, 0) is 55.2 Å². The Morgan fingerprint density at radius 1 is 1.14 bits per heavy atom. The fourth-order valence-electron chi connectivity index (χ4n) is 5.54. The summed E-state index contributed by atoms with van der Waals surface area (Å²) in [5.74, 6) is 3.98. The zero-order valence-corrected chi connectivity index (χ0v) is 22.7. The van der Waals surface area contributed by atoms with Crippen LogP contribution < -0.4 is 20.9 Å². The molecule has 4 heterocycles. The summed E-state index contributed by atoms with van der Waals surface area (Å²) in [5, 5.41) is 10.3. The van der Waals surface area contributed by atoms with Crippen LogP contribution in [-0.4, -0.2) is 78.1 Å². The number of rotatable bonds is 11. The van der Waals surface area contributed by atoms with Gasteiger partial charge in [0.2, 0.25) is 11.9 Å². The van der Waals surface area contributed by atoms with E-state index >= 15 is 0 Å². The van der Waals surface area contributed by atoms with Gasteiger partial charge in [-0.15, -0.1) is 0 Å². The zero-order valence-electron chi connectivity index (χ0n) is 22.7. The second-order valence-corrected chi connectivity index (χ2v) is 11.4. The van der Waals surface area contributed by atoms with Crippen molar-refractivity contribution < 1.29 is 4.79 Å². The van der Waals surface area contributed by atoms with Crippen LogP contribution in [0.4, 0.5) is 17.6 Å². The average Bonchev–Trinajstić information content (AvgIpc) is 2.80. The Bertz CT molecular complexity index is 1080. The van der Waals surface area contributed by atoms with Gasteiger partial charge in [0, 0.05) is 58.5 Å². The first-order valence-corrected chi connectivity index (χ1v) is 13.9. The van der Waals surface area contributed by atoms with Crippen LogP contribution in [0.5, 0.6) is 0 Å². The molecule has 1 amide bonds. The highest BCUT2D eigenvalue weighted by atomic mass is 16.2. The first-order chi connectivity index (χ1) is 17.9. The van der Waals surface area contributed by atoms with Crippen molar-refractivity contribution in [2.75, 3.05) is 55.8 Å². The number of carbonyl (C=O) groups is 1. The fourth-order valence-corrected chi connectivity index (χ4v) is 5.54. The van der Waals surface area contributed by atoms with Crippen LogP contribution in [0.3, 0.4) is 0 Å².